The number of nitrogens with one attached hydrogen (secondary N) is 1. The molecule has 3 aromatic rings. The van der Waals surface area contributed by atoms with Crippen LogP contribution in [0.2, 0.25) is 0 Å². The molecule has 1 N–H and O–H groups in total. The molecule has 2 saturated carbocycles. The van der Waals surface area contributed by atoms with E-state index >= 15 is 0 Å². The van der Waals surface area contributed by atoms with Gasteiger partial charge in [0.1, 0.15) is 5.54 Å². The van der Waals surface area contributed by atoms with E-state index in [4.69, 9.17) is 14.0 Å². The fraction of sp³-hybridized carbons (Fsp3) is 0.514. The average Bonchev–Trinajstić information content (AvgIpc) is 3.52. The highest BCUT2D eigenvalue weighted by molar-refractivity contribution is 5.91. The molecule has 8 rings (SSSR count). The number of carbonyl (C=O) groups is 3. The van der Waals surface area contributed by atoms with Crippen molar-refractivity contribution in [3.05, 3.63) is 59.5 Å². The third-order valence-electron chi connectivity index (χ3n) is 11.0. The van der Waals surface area contributed by atoms with Gasteiger partial charge in [0.15, 0.2) is 23.4 Å². The summed E-state index contributed by atoms with van der Waals surface area (Å²) in [7, 11) is 0. The van der Waals surface area contributed by atoms with Crippen molar-refractivity contribution >= 4 is 17.7 Å². The van der Waals surface area contributed by atoms with Gasteiger partial charge in [-0.25, -0.2) is 0 Å². The molecule has 0 unspecified atom stereocenters. The SMILES string of the molecule is CC(=O)Oc1ccc2c3c1O[C@H]1C(=O)CC[C@@]4(CC(=O)NC(C)(C)c5nc(-c6ccccc6)no5)[C@@H](C2)N(CC2CC2)CC[C@]314. The lowest BCUT2D eigenvalue weighted by Crippen LogP contribution is -2.73. The summed E-state index contributed by atoms with van der Waals surface area (Å²) < 4.78 is 17.8. The van der Waals surface area contributed by atoms with Crippen molar-refractivity contribution in [2.75, 3.05) is 13.1 Å². The largest absolute Gasteiger partial charge is 0.477 e. The first-order valence-electron chi connectivity index (χ1n) is 16.1. The molecule has 45 heavy (non-hydrogen) atoms. The number of likely N-dealkylation sites (tertiary alicyclic amines) is 1. The highest BCUT2D eigenvalue weighted by Gasteiger charge is 2.73. The molecule has 1 spiro atoms. The molecule has 2 aliphatic heterocycles. The second-order valence-electron chi connectivity index (χ2n) is 14.2. The minimum absolute atomic E-state index is 0.0536. The first-order chi connectivity index (χ1) is 21.6. The van der Waals surface area contributed by atoms with Gasteiger partial charge in [-0.3, -0.25) is 19.3 Å². The average molecular weight is 611 g/mol. The van der Waals surface area contributed by atoms with Crippen molar-refractivity contribution in [1.29, 1.82) is 0 Å². The van der Waals surface area contributed by atoms with E-state index in [1.807, 2.05) is 50.2 Å². The zero-order chi connectivity index (χ0) is 31.1. The van der Waals surface area contributed by atoms with Crippen molar-refractivity contribution in [3.63, 3.8) is 0 Å². The molecule has 3 fully saturated rings. The highest BCUT2D eigenvalue weighted by Crippen LogP contribution is 2.70. The number of amides is 1. The van der Waals surface area contributed by atoms with Crippen molar-refractivity contribution in [2.45, 2.75) is 88.8 Å². The Morgan fingerprint density at radius 2 is 1.93 bits per heavy atom. The molecule has 4 atom stereocenters. The van der Waals surface area contributed by atoms with Crippen molar-refractivity contribution in [2.24, 2.45) is 11.3 Å². The molecular formula is C35H38N4O6. The molecule has 1 saturated heterocycles. The van der Waals surface area contributed by atoms with E-state index in [-0.39, 0.29) is 24.2 Å². The van der Waals surface area contributed by atoms with E-state index in [1.54, 1.807) is 6.07 Å². The number of piperidine rings is 1. The zero-order valence-corrected chi connectivity index (χ0v) is 25.9. The van der Waals surface area contributed by atoms with Crippen molar-refractivity contribution < 1.29 is 28.4 Å². The number of hydrogen-bond donors (Lipinski definition) is 1. The van der Waals surface area contributed by atoms with Gasteiger partial charge in [-0.15, -0.1) is 0 Å². The number of nitrogens with zero attached hydrogens (tertiary/aromatic N) is 3. The monoisotopic (exact) mass is 610 g/mol. The molecule has 10 heteroatoms. The second-order valence-corrected chi connectivity index (χ2v) is 14.2. The fourth-order valence-electron chi connectivity index (χ4n) is 8.97. The Hall–Kier alpha value is -4.05. The maximum absolute atomic E-state index is 14.3. The Bertz CT molecular complexity index is 1710. The van der Waals surface area contributed by atoms with E-state index in [0.717, 1.165) is 36.2 Å². The van der Waals surface area contributed by atoms with Crippen LogP contribution in [0.15, 0.2) is 47.0 Å². The minimum atomic E-state index is -0.926. The quantitative estimate of drug-likeness (QED) is 0.290. The van der Waals surface area contributed by atoms with Crippen LogP contribution in [0.5, 0.6) is 11.5 Å². The van der Waals surface area contributed by atoms with Gasteiger partial charge in [0.05, 0.1) is 5.41 Å². The summed E-state index contributed by atoms with van der Waals surface area (Å²) in [5, 5.41) is 7.40. The smallest absolute Gasteiger partial charge is 0.308 e. The number of carbonyl (C=O) groups excluding carboxylic acids is 3. The van der Waals surface area contributed by atoms with Gasteiger partial charge in [-0.05, 0) is 70.0 Å². The first kappa shape index (κ1) is 28.4. The summed E-state index contributed by atoms with van der Waals surface area (Å²) in [6.45, 7) is 6.95. The number of Topliss-reactive ketones (excluding diaryl/α,β-unsaturated/α-hetero) is 1. The van der Waals surface area contributed by atoms with Gasteiger partial charge in [0, 0.05) is 48.9 Å². The van der Waals surface area contributed by atoms with Crippen LogP contribution >= 0.6 is 0 Å². The lowest BCUT2D eigenvalue weighted by atomic mass is 9.42. The Morgan fingerprint density at radius 3 is 2.69 bits per heavy atom. The highest BCUT2D eigenvalue weighted by atomic mass is 16.6. The van der Waals surface area contributed by atoms with Crippen molar-refractivity contribution in [3.8, 4) is 22.9 Å². The Kier molecular flexibility index (Phi) is 6.30. The molecule has 2 bridgehead atoms. The predicted octanol–water partition coefficient (Wildman–Crippen LogP) is 4.49. The summed E-state index contributed by atoms with van der Waals surface area (Å²) in [4.78, 5) is 47.3. The van der Waals surface area contributed by atoms with Gasteiger partial charge in [0.25, 0.3) is 5.89 Å². The lowest BCUT2D eigenvalue weighted by molar-refractivity contribution is -0.162. The van der Waals surface area contributed by atoms with E-state index in [1.165, 1.54) is 19.8 Å². The third kappa shape index (κ3) is 4.28. The first-order valence-corrected chi connectivity index (χ1v) is 16.1. The molecule has 10 nitrogen and oxygen atoms in total. The third-order valence-corrected chi connectivity index (χ3v) is 11.0. The molecule has 3 heterocycles. The molecule has 0 radical (unpaired) electrons. The molecule has 1 amide bonds. The maximum Gasteiger partial charge on any atom is 0.308 e. The molecule has 2 aromatic carbocycles. The lowest BCUT2D eigenvalue weighted by Gasteiger charge is -2.65. The van der Waals surface area contributed by atoms with Crippen LogP contribution in [0.4, 0.5) is 0 Å². The van der Waals surface area contributed by atoms with Gasteiger partial charge >= 0.3 is 5.97 Å². The number of benzene rings is 2. The van der Waals surface area contributed by atoms with Crippen LogP contribution in [0, 0.1) is 11.3 Å². The van der Waals surface area contributed by atoms with Crippen LogP contribution in [-0.2, 0) is 31.8 Å². The summed E-state index contributed by atoms with van der Waals surface area (Å²) in [5.74, 6) is 1.81. The van der Waals surface area contributed by atoms with Crippen LogP contribution in [-0.4, -0.2) is 57.9 Å². The van der Waals surface area contributed by atoms with E-state index < -0.39 is 28.4 Å². The van der Waals surface area contributed by atoms with Crippen LogP contribution < -0.4 is 14.8 Å². The fourth-order valence-corrected chi connectivity index (χ4v) is 8.97. The second kappa shape index (κ2) is 9.97. The van der Waals surface area contributed by atoms with Crippen LogP contribution in [0.25, 0.3) is 11.4 Å². The van der Waals surface area contributed by atoms with E-state index in [0.29, 0.717) is 48.4 Å². The standard InChI is InChI=1S/C35H38N4O6/c1-20(40)43-25-12-11-23-17-26-34(18-27(42)37-33(2,3)32-36-31(38-45-32)22-7-5-4-6-8-22)14-13-24(41)30-35(34,28(23)29(25)44-30)15-16-39(26)19-21-9-10-21/h4-8,11-12,21,26,30H,9-10,13-19H2,1-3H3,(H,37,42)/t26-,30+,34-,35+/m1/s1. The van der Waals surface area contributed by atoms with Gasteiger partial charge in [-0.2, -0.15) is 4.98 Å². The van der Waals surface area contributed by atoms with Gasteiger partial charge in [-0.1, -0.05) is 41.6 Å². The summed E-state index contributed by atoms with van der Waals surface area (Å²) in [6.07, 6.45) is 4.38. The summed E-state index contributed by atoms with van der Waals surface area (Å²) >= 11 is 0. The number of hydrogen-bond acceptors (Lipinski definition) is 9. The number of esters is 1. The summed E-state index contributed by atoms with van der Waals surface area (Å²) in [6, 6.07) is 13.5. The number of aromatic nitrogens is 2. The Labute approximate surface area is 261 Å². The van der Waals surface area contributed by atoms with Gasteiger partial charge < -0.3 is 19.3 Å². The number of rotatable bonds is 8. The summed E-state index contributed by atoms with van der Waals surface area (Å²) in [5.41, 5.74) is 0.775. The normalized spacial score (nSPS) is 28.3. The van der Waals surface area contributed by atoms with E-state index in [2.05, 4.69) is 20.4 Å². The molecular weight excluding hydrogens is 572 g/mol. The molecule has 5 aliphatic rings. The molecule has 234 valence electrons. The van der Waals surface area contributed by atoms with E-state index in [9.17, 15) is 14.4 Å². The maximum atomic E-state index is 14.3. The van der Waals surface area contributed by atoms with Crippen molar-refractivity contribution in [1.82, 2.24) is 20.4 Å². The predicted molar refractivity (Wildman–Crippen MR) is 162 cm³/mol. The van der Waals surface area contributed by atoms with Gasteiger partial charge in [0.2, 0.25) is 11.7 Å². The topological polar surface area (TPSA) is 124 Å². The zero-order valence-electron chi connectivity index (χ0n) is 25.9. The molecule has 1 aromatic heterocycles. The minimum Gasteiger partial charge on any atom is -0.477 e. The van der Waals surface area contributed by atoms with Crippen LogP contribution in [0.3, 0.4) is 0 Å². The molecule has 3 aliphatic carbocycles. The Morgan fingerprint density at radius 1 is 1.13 bits per heavy atom. The number of ether oxygens (including phenoxy) is 2. The van der Waals surface area contributed by atoms with Crippen LogP contribution in [0.1, 0.15) is 76.3 Å². The number of ketones is 1. The Balaban J connectivity index is 1.17.